The Balaban J connectivity index is 2.94. The van der Waals surface area contributed by atoms with Crippen molar-refractivity contribution >= 4 is 8.60 Å². The van der Waals surface area contributed by atoms with Gasteiger partial charge in [-0.15, -0.1) is 0 Å². The molecule has 0 aliphatic rings. The number of hydrogen-bond donors (Lipinski definition) is 3. The first-order chi connectivity index (χ1) is 6.15. The maximum atomic E-state index is 9.50. The van der Waals surface area contributed by atoms with Gasteiger partial charge in [-0.3, -0.25) is 0 Å². The number of aryl methyl sites for hydroxylation is 1. The summed E-state index contributed by atoms with van der Waals surface area (Å²) in [7, 11) is -2.47. The lowest BCUT2D eigenvalue weighted by molar-refractivity contribution is 0.359. The molecule has 0 aliphatic heterocycles. The molecule has 13 heavy (non-hydrogen) atoms. The summed E-state index contributed by atoms with van der Waals surface area (Å²) >= 11 is 0. The van der Waals surface area contributed by atoms with Gasteiger partial charge in [0.25, 0.3) is 0 Å². The molecule has 0 radical (unpaired) electrons. The van der Waals surface area contributed by atoms with E-state index in [0.29, 0.717) is 12.0 Å². The van der Waals surface area contributed by atoms with Crippen molar-refractivity contribution in [1.29, 1.82) is 0 Å². The van der Waals surface area contributed by atoms with Crippen LogP contribution in [0.25, 0.3) is 0 Å². The first-order valence-electron chi connectivity index (χ1n) is 3.81. The van der Waals surface area contributed by atoms with Crippen LogP contribution in [0.2, 0.25) is 0 Å². The number of hydrogen-bond acceptors (Lipinski definition) is 4. The molecule has 0 unspecified atom stereocenters. The van der Waals surface area contributed by atoms with Gasteiger partial charge in [0.05, 0.1) is 0 Å². The number of phenolic OH excluding ortho intramolecular Hbond substituents is 1. The Bertz CT molecular complexity index is 287. The first-order valence-corrected chi connectivity index (χ1v) is 4.98. The second kappa shape index (κ2) is 4.42. The number of aromatic hydroxyl groups is 1. The third-order valence-corrected chi connectivity index (χ3v) is 2.00. The fraction of sp³-hybridized carbons (Fsp3) is 0.250. The van der Waals surface area contributed by atoms with E-state index in [-0.39, 0.29) is 11.5 Å². The smallest absolute Gasteiger partial charge is 0.391 e. The van der Waals surface area contributed by atoms with Gasteiger partial charge in [-0.25, -0.2) is 0 Å². The molecule has 0 fully saturated rings. The summed E-state index contributed by atoms with van der Waals surface area (Å²) in [4.78, 5) is 17.2. The molecule has 3 N–H and O–H groups in total. The van der Waals surface area contributed by atoms with Gasteiger partial charge in [0, 0.05) is 0 Å². The van der Waals surface area contributed by atoms with Gasteiger partial charge >= 0.3 is 8.60 Å². The molecule has 0 atom stereocenters. The van der Waals surface area contributed by atoms with Crippen LogP contribution in [0, 0.1) is 0 Å². The predicted molar refractivity (Wildman–Crippen MR) is 49.5 cm³/mol. The van der Waals surface area contributed by atoms with Crippen LogP contribution >= 0.6 is 8.60 Å². The molecule has 0 amide bonds. The summed E-state index contributed by atoms with van der Waals surface area (Å²) in [6.45, 7) is 1.89. The minimum Gasteiger partial charge on any atom is -0.504 e. The van der Waals surface area contributed by atoms with E-state index in [1.165, 1.54) is 6.07 Å². The van der Waals surface area contributed by atoms with Crippen LogP contribution in [0.5, 0.6) is 11.5 Å². The van der Waals surface area contributed by atoms with E-state index in [1.54, 1.807) is 12.1 Å². The first kappa shape index (κ1) is 10.3. The SMILES string of the molecule is CCc1cccc(OP(O)O)c1O. The molecule has 0 saturated heterocycles. The van der Waals surface area contributed by atoms with Crippen molar-refractivity contribution in [1.82, 2.24) is 0 Å². The summed E-state index contributed by atoms with van der Waals surface area (Å²) in [5.41, 5.74) is 0.717. The van der Waals surface area contributed by atoms with Crippen LogP contribution < -0.4 is 4.52 Å². The molecule has 1 rings (SSSR count). The topological polar surface area (TPSA) is 69.9 Å². The highest BCUT2D eigenvalue weighted by atomic mass is 31.2. The van der Waals surface area contributed by atoms with E-state index in [0.717, 1.165) is 0 Å². The van der Waals surface area contributed by atoms with E-state index < -0.39 is 8.60 Å². The highest BCUT2D eigenvalue weighted by Crippen LogP contribution is 2.37. The average molecular weight is 202 g/mol. The Morgan fingerprint density at radius 3 is 2.62 bits per heavy atom. The lowest BCUT2D eigenvalue weighted by Gasteiger charge is -2.09. The van der Waals surface area contributed by atoms with Crippen LogP contribution in [-0.2, 0) is 6.42 Å². The van der Waals surface area contributed by atoms with Crippen LogP contribution in [-0.4, -0.2) is 14.9 Å². The lowest BCUT2D eigenvalue weighted by Crippen LogP contribution is -1.88. The minimum absolute atomic E-state index is 0.0272. The molecular formula is C8H11O4P. The zero-order valence-corrected chi connectivity index (χ0v) is 8.03. The molecule has 0 aromatic heterocycles. The van der Waals surface area contributed by atoms with E-state index >= 15 is 0 Å². The van der Waals surface area contributed by atoms with Crippen molar-refractivity contribution in [3.63, 3.8) is 0 Å². The molecule has 4 nitrogen and oxygen atoms in total. The fourth-order valence-corrected chi connectivity index (χ4v) is 1.34. The number of benzene rings is 1. The van der Waals surface area contributed by atoms with Crippen LogP contribution in [0.15, 0.2) is 18.2 Å². The van der Waals surface area contributed by atoms with Gasteiger partial charge in [-0.1, -0.05) is 19.1 Å². The monoisotopic (exact) mass is 202 g/mol. The van der Waals surface area contributed by atoms with Gasteiger partial charge in [-0.2, -0.15) is 0 Å². The van der Waals surface area contributed by atoms with Crippen molar-refractivity contribution in [3.8, 4) is 11.5 Å². The summed E-state index contributed by atoms with van der Waals surface area (Å²) in [5.74, 6) is 0.0797. The quantitative estimate of drug-likeness (QED) is 0.650. The van der Waals surface area contributed by atoms with Crippen LogP contribution in [0.1, 0.15) is 12.5 Å². The molecule has 0 bridgehead atoms. The maximum Gasteiger partial charge on any atom is 0.391 e. The van der Waals surface area contributed by atoms with Gasteiger partial charge < -0.3 is 19.4 Å². The van der Waals surface area contributed by atoms with E-state index in [9.17, 15) is 5.11 Å². The van der Waals surface area contributed by atoms with Gasteiger partial charge in [0.2, 0.25) is 0 Å². The van der Waals surface area contributed by atoms with Crippen LogP contribution in [0.4, 0.5) is 0 Å². The van der Waals surface area contributed by atoms with Crippen molar-refractivity contribution in [3.05, 3.63) is 23.8 Å². The normalized spacial score (nSPS) is 10.5. The van der Waals surface area contributed by atoms with E-state index in [1.807, 2.05) is 6.92 Å². The number of para-hydroxylation sites is 1. The van der Waals surface area contributed by atoms with E-state index in [2.05, 4.69) is 4.52 Å². The van der Waals surface area contributed by atoms with Gasteiger partial charge in [0.1, 0.15) is 0 Å². The van der Waals surface area contributed by atoms with Crippen LogP contribution in [0.3, 0.4) is 0 Å². The van der Waals surface area contributed by atoms with Crippen molar-refractivity contribution in [2.75, 3.05) is 0 Å². The Labute approximate surface area is 77.4 Å². The molecule has 0 spiro atoms. The Morgan fingerprint density at radius 1 is 1.38 bits per heavy atom. The van der Waals surface area contributed by atoms with Crippen molar-refractivity contribution in [2.45, 2.75) is 13.3 Å². The number of phenols is 1. The molecule has 1 aromatic carbocycles. The third-order valence-electron chi connectivity index (χ3n) is 1.64. The summed E-state index contributed by atoms with van der Waals surface area (Å²) < 4.78 is 4.61. The van der Waals surface area contributed by atoms with Gasteiger partial charge in [0.15, 0.2) is 11.5 Å². The zero-order chi connectivity index (χ0) is 9.84. The van der Waals surface area contributed by atoms with Crippen molar-refractivity contribution in [2.24, 2.45) is 0 Å². The lowest BCUT2D eigenvalue weighted by atomic mass is 10.1. The molecular weight excluding hydrogens is 191 g/mol. The summed E-state index contributed by atoms with van der Waals surface area (Å²) in [5, 5.41) is 9.50. The maximum absolute atomic E-state index is 9.50. The van der Waals surface area contributed by atoms with Crippen molar-refractivity contribution < 1.29 is 19.4 Å². The highest BCUT2D eigenvalue weighted by molar-refractivity contribution is 7.39. The summed E-state index contributed by atoms with van der Waals surface area (Å²) in [6.07, 6.45) is 0.665. The minimum atomic E-state index is -2.47. The molecule has 0 saturated carbocycles. The Kier molecular flexibility index (Phi) is 3.48. The second-order valence-corrected chi connectivity index (χ2v) is 3.15. The Hall–Kier alpha value is -0.830. The van der Waals surface area contributed by atoms with E-state index in [4.69, 9.17) is 9.79 Å². The third kappa shape index (κ3) is 2.56. The fourth-order valence-electron chi connectivity index (χ4n) is 1.01. The predicted octanol–water partition coefficient (Wildman–Crippen LogP) is 1.54. The largest absolute Gasteiger partial charge is 0.504 e. The standard InChI is InChI=1S/C8H11O4P/c1-2-6-4-3-5-7(8(6)9)12-13(10)11/h3-5,9-11H,2H2,1H3. The molecule has 0 heterocycles. The zero-order valence-electron chi connectivity index (χ0n) is 7.14. The highest BCUT2D eigenvalue weighted by Gasteiger charge is 2.10. The molecule has 0 aliphatic carbocycles. The molecule has 5 heteroatoms. The Morgan fingerprint density at radius 2 is 2.08 bits per heavy atom. The molecule has 1 aromatic rings. The number of rotatable bonds is 3. The molecule has 72 valence electrons. The second-order valence-electron chi connectivity index (χ2n) is 2.46. The average Bonchev–Trinajstić information content (AvgIpc) is 2.08. The summed E-state index contributed by atoms with van der Waals surface area (Å²) in [6, 6.07) is 4.92. The van der Waals surface area contributed by atoms with Gasteiger partial charge in [-0.05, 0) is 18.1 Å².